The maximum atomic E-state index is 13.7. The second-order valence-electron chi connectivity index (χ2n) is 4.86. The molecular weight excluding hydrogens is 262 g/mol. The number of hydrogen-bond acceptors (Lipinski definition) is 2. The predicted molar refractivity (Wildman–Crippen MR) is 70.7 cm³/mol. The van der Waals surface area contributed by atoms with E-state index in [0.29, 0.717) is 12.2 Å². The fourth-order valence-corrected chi connectivity index (χ4v) is 2.46. The second-order valence-corrected chi connectivity index (χ2v) is 4.86. The molecule has 0 bridgehead atoms. The molecule has 0 saturated heterocycles. The fourth-order valence-electron chi connectivity index (χ4n) is 2.46. The van der Waals surface area contributed by atoms with Crippen molar-refractivity contribution in [1.29, 1.82) is 0 Å². The van der Waals surface area contributed by atoms with Gasteiger partial charge in [0, 0.05) is 5.56 Å². The number of aliphatic hydroxyl groups excluding tert-OH is 1. The Morgan fingerprint density at radius 3 is 2.85 bits per heavy atom. The Labute approximate surface area is 115 Å². The fraction of sp³-hybridized carbons (Fsp3) is 0.250. The predicted octanol–water partition coefficient (Wildman–Crippen LogP) is 3.37. The number of aryl methyl sites for hydroxylation is 1. The van der Waals surface area contributed by atoms with Crippen molar-refractivity contribution in [1.82, 2.24) is 0 Å². The first-order valence-electron chi connectivity index (χ1n) is 6.54. The monoisotopic (exact) mass is 276 g/mol. The topological polar surface area (TPSA) is 29.5 Å². The molecule has 0 aromatic heterocycles. The lowest BCUT2D eigenvalue weighted by atomic mass is 9.96. The van der Waals surface area contributed by atoms with Crippen molar-refractivity contribution in [2.75, 3.05) is 6.61 Å². The zero-order chi connectivity index (χ0) is 14.1. The van der Waals surface area contributed by atoms with Gasteiger partial charge in [-0.2, -0.15) is 0 Å². The van der Waals surface area contributed by atoms with Crippen LogP contribution in [0.25, 0.3) is 0 Å². The minimum absolute atomic E-state index is 0.0540. The molecule has 2 nitrogen and oxygen atoms in total. The Bertz CT molecular complexity index is 640. The molecule has 4 heteroatoms. The molecule has 1 aliphatic heterocycles. The molecule has 20 heavy (non-hydrogen) atoms. The summed E-state index contributed by atoms with van der Waals surface area (Å²) in [6, 6.07) is 9.05. The van der Waals surface area contributed by atoms with E-state index >= 15 is 0 Å². The lowest BCUT2D eigenvalue weighted by Gasteiger charge is -2.20. The van der Waals surface area contributed by atoms with Crippen molar-refractivity contribution in [2.45, 2.75) is 18.9 Å². The Morgan fingerprint density at radius 2 is 2.00 bits per heavy atom. The van der Waals surface area contributed by atoms with Crippen LogP contribution in [-0.2, 0) is 6.42 Å². The summed E-state index contributed by atoms with van der Waals surface area (Å²) in [6.45, 7) is 0.688. The maximum Gasteiger partial charge on any atom is 0.164 e. The van der Waals surface area contributed by atoms with E-state index in [1.165, 1.54) is 12.1 Å². The molecular formula is C16H14F2O2. The number of rotatable bonds is 2. The largest absolute Gasteiger partial charge is 0.493 e. The summed E-state index contributed by atoms with van der Waals surface area (Å²) < 4.78 is 32.4. The standard InChI is InChI=1S/C16H14F2O2/c17-13-5-1-4-12(15(13)18)16(19)11-6-7-14-10(9-11)3-2-8-20-14/h1,4-7,9,16,19H,2-3,8H2. The van der Waals surface area contributed by atoms with Crippen LogP contribution in [0.1, 0.15) is 29.2 Å². The molecule has 1 N–H and O–H groups in total. The van der Waals surface area contributed by atoms with E-state index < -0.39 is 17.7 Å². The molecule has 1 unspecified atom stereocenters. The van der Waals surface area contributed by atoms with Gasteiger partial charge in [0.05, 0.1) is 6.61 Å². The smallest absolute Gasteiger partial charge is 0.164 e. The first kappa shape index (κ1) is 13.1. The molecule has 0 spiro atoms. The van der Waals surface area contributed by atoms with Gasteiger partial charge in [0.25, 0.3) is 0 Å². The van der Waals surface area contributed by atoms with E-state index in [4.69, 9.17) is 4.74 Å². The van der Waals surface area contributed by atoms with Gasteiger partial charge in [-0.25, -0.2) is 8.78 Å². The third-order valence-electron chi connectivity index (χ3n) is 3.52. The third kappa shape index (κ3) is 2.27. The van der Waals surface area contributed by atoms with Crippen molar-refractivity contribution < 1.29 is 18.6 Å². The Hall–Kier alpha value is -1.94. The third-order valence-corrected chi connectivity index (χ3v) is 3.52. The number of hydrogen-bond donors (Lipinski definition) is 1. The summed E-state index contributed by atoms with van der Waals surface area (Å²) in [6.07, 6.45) is 0.598. The summed E-state index contributed by atoms with van der Waals surface area (Å²) in [5.41, 5.74) is 1.48. The highest BCUT2D eigenvalue weighted by molar-refractivity contribution is 5.41. The van der Waals surface area contributed by atoms with Gasteiger partial charge in [0.2, 0.25) is 0 Å². The van der Waals surface area contributed by atoms with E-state index in [-0.39, 0.29) is 5.56 Å². The van der Waals surface area contributed by atoms with Gasteiger partial charge in [0.15, 0.2) is 11.6 Å². The minimum atomic E-state index is -1.18. The van der Waals surface area contributed by atoms with E-state index in [9.17, 15) is 13.9 Å². The molecule has 1 heterocycles. The molecule has 0 saturated carbocycles. The molecule has 1 aliphatic rings. The summed E-state index contributed by atoms with van der Waals surface area (Å²) in [5.74, 6) is -1.16. The molecule has 1 atom stereocenters. The van der Waals surface area contributed by atoms with Crippen molar-refractivity contribution >= 4 is 0 Å². The van der Waals surface area contributed by atoms with Gasteiger partial charge >= 0.3 is 0 Å². The van der Waals surface area contributed by atoms with E-state index in [1.807, 2.05) is 0 Å². The second kappa shape index (κ2) is 5.21. The van der Waals surface area contributed by atoms with Crippen molar-refractivity contribution in [2.24, 2.45) is 0 Å². The molecule has 3 rings (SSSR count). The highest BCUT2D eigenvalue weighted by Gasteiger charge is 2.19. The van der Waals surface area contributed by atoms with Crippen LogP contribution in [0.3, 0.4) is 0 Å². The summed E-state index contributed by atoms with van der Waals surface area (Å²) in [4.78, 5) is 0. The van der Waals surface area contributed by atoms with Gasteiger partial charge in [-0.05, 0) is 42.2 Å². The van der Waals surface area contributed by atoms with E-state index in [1.54, 1.807) is 18.2 Å². The highest BCUT2D eigenvalue weighted by atomic mass is 19.2. The van der Waals surface area contributed by atoms with Crippen LogP contribution in [-0.4, -0.2) is 11.7 Å². The van der Waals surface area contributed by atoms with Crippen molar-refractivity contribution in [3.05, 3.63) is 64.7 Å². The zero-order valence-corrected chi connectivity index (χ0v) is 10.8. The number of fused-ring (bicyclic) bond motifs is 1. The number of halogens is 2. The molecule has 2 aromatic carbocycles. The Morgan fingerprint density at radius 1 is 1.15 bits per heavy atom. The maximum absolute atomic E-state index is 13.7. The summed E-state index contributed by atoms with van der Waals surface area (Å²) in [7, 11) is 0. The number of ether oxygens (including phenoxy) is 1. The lowest BCUT2D eigenvalue weighted by Crippen LogP contribution is -2.10. The average molecular weight is 276 g/mol. The Kier molecular flexibility index (Phi) is 3.40. The van der Waals surface area contributed by atoms with Crippen LogP contribution in [0.2, 0.25) is 0 Å². The van der Waals surface area contributed by atoms with Crippen molar-refractivity contribution in [3.8, 4) is 5.75 Å². The lowest BCUT2D eigenvalue weighted by molar-refractivity contribution is 0.212. The molecule has 0 aliphatic carbocycles. The highest BCUT2D eigenvalue weighted by Crippen LogP contribution is 2.31. The first-order valence-corrected chi connectivity index (χ1v) is 6.54. The van der Waals surface area contributed by atoms with Gasteiger partial charge in [0.1, 0.15) is 11.9 Å². The minimum Gasteiger partial charge on any atom is -0.493 e. The Balaban J connectivity index is 1.98. The molecule has 104 valence electrons. The van der Waals surface area contributed by atoms with Crippen LogP contribution >= 0.6 is 0 Å². The van der Waals surface area contributed by atoms with Gasteiger partial charge in [-0.15, -0.1) is 0 Å². The first-order chi connectivity index (χ1) is 9.66. The average Bonchev–Trinajstić information content (AvgIpc) is 2.49. The van der Waals surface area contributed by atoms with Crippen LogP contribution in [0.4, 0.5) is 8.78 Å². The quantitative estimate of drug-likeness (QED) is 0.911. The summed E-state index contributed by atoms with van der Waals surface area (Å²) in [5, 5.41) is 10.3. The molecule has 2 aromatic rings. The van der Waals surface area contributed by atoms with Gasteiger partial charge in [-0.1, -0.05) is 18.2 Å². The normalized spacial score (nSPS) is 15.3. The van der Waals surface area contributed by atoms with Crippen LogP contribution in [0, 0.1) is 11.6 Å². The van der Waals surface area contributed by atoms with Crippen LogP contribution in [0.5, 0.6) is 5.75 Å². The number of benzene rings is 2. The van der Waals surface area contributed by atoms with Crippen LogP contribution < -0.4 is 4.74 Å². The zero-order valence-electron chi connectivity index (χ0n) is 10.8. The van der Waals surface area contributed by atoms with Gasteiger partial charge < -0.3 is 9.84 Å². The van der Waals surface area contributed by atoms with Gasteiger partial charge in [-0.3, -0.25) is 0 Å². The molecule has 0 amide bonds. The summed E-state index contributed by atoms with van der Waals surface area (Å²) >= 11 is 0. The molecule has 0 fully saturated rings. The van der Waals surface area contributed by atoms with Crippen LogP contribution in [0.15, 0.2) is 36.4 Å². The SMILES string of the molecule is OC(c1ccc2c(c1)CCCO2)c1cccc(F)c1F. The van der Waals surface area contributed by atoms with Crippen molar-refractivity contribution in [3.63, 3.8) is 0 Å². The molecule has 0 radical (unpaired) electrons. The van der Waals surface area contributed by atoms with E-state index in [0.717, 1.165) is 30.2 Å². The van der Waals surface area contributed by atoms with E-state index in [2.05, 4.69) is 0 Å². The number of aliphatic hydroxyl groups is 1.